The van der Waals surface area contributed by atoms with Gasteiger partial charge >= 0.3 is 0 Å². The molecule has 0 aromatic carbocycles. The summed E-state index contributed by atoms with van der Waals surface area (Å²) < 4.78 is 5.18. The van der Waals surface area contributed by atoms with Gasteiger partial charge in [0.15, 0.2) is 0 Å². The van der Waals surface area contributed by atoms with Crippen LogP contribution in [0.25, 0.3) is 0 Å². The van der Waals surface area contributed by atoms with E-state index in [4.69, 9.17) is 4.52 Å². The summed E-state index contributed by atoms with van der Waals surface area (Å²) in [6.07, 6.45) is 3.13. The summed E-state index contributed by atoms with van der Waals surface area (Å²) in [5, 5.41) is 7.07. The van der Waals surface area contributed by atoms with E-state index in [2.05, 4.69) is 29.3 Å². The monoisotopic (exact) mass is 266 g/mol. The van der Waals surface area contributed by atoms with Crippen molar-refractivity contribution in [3.63, 3.8) is 0 Å². The van der Waals surface area contributed by atoms with Crippen LogP contribution in [0, 0.1) is 5.92 Å². The predicted molar refractivity (Wildman–Crippen MR) is 70.7 cm³/mol. The van der Waals surface area contributed by atoms with Gasteiger partial charge in [-0.15, -0.1) is 0 Å². The van der Waals surface area contributed by atoms with E-state index in [0.717, 1.165) is 25.8 Å². The number of carbonyl (C=O) groups is 1. The van der Waals surface area contributed by atoms with E-state index < -0.39 is 0 Å². The summed E-state index contributed by atoms with van der Waals surface area (Å²) in [6.45, 7) is 5.90. The van der Waals surface area contributed by atoms with Gasteiger partial charge in [0, 0.05) is 13.6 Å². The maximum Gasteiger partial charge on any atom is 0.295 e. The van der Waals surface area contributed by atoms with Crippen LogP contribution in [0.5, 0.6) is 0 Å². The van der Waals surface area contributed by atoms with E-state index in [-0.39, 0.29) is 17.8 Å². The minimum atomic E-state index is -0.173. The van der Waals surface area contributed by atoms with Crippen LogP contribution < -0.4 is 5.32 Å². The van der Waals surface area contributed by atoms with Crippen molar-refractivity contribution < 1.29 is 9.32 Å². The Bertz CT molecular complexity index is 426. The molecule has 1 aliphatic rings. The van der Waals surface area contributed by atoms with Crippen molar-refractivity contribution in [2.45, 2.75) is 39.2 Å². The highest BCUT2D eigenvalue weighted by Crippen LogP contribution is 2.21. The second-order valence-electron chi connectivity index (χ2n) is 5.30. The van der Waals surface area contributed by atoms with Gasteiger partial charge in [-0.25, -0.2) is 0 Å². The summed E-state index contributed by atoms with van der Waals surface area (Å²) in [4.78, 5) is 18.0. The topological polar surface area (TPSA) is 71.3 Å². The van der Waals surface area contributed by atoms with E-state index >= 15 is 0 Å². The molecular weight excluding hydrogens is 244 g/mol. The molecule has 19 heavy (non-hydrogen) atoms. The van der Waals surface area contributed by atoms with Gasteiger partial charge < -0.3 is 14.7 Å². The number of nitrogens with zero attached hydrogens (tertiary/aromatic N) is 3. The number of nitrogens with one attached hydrogen (secondary N) is 1. The van der Waals surface area contributed by atoms with Crippen molar-refractivity contribution in [3.05, 3.63) is 11.7 Å². The van der Waals surface area contributed by atoms with Crippen LogP contribution >= 0.6 is 0 Å². The molecule has 1 aromatic heterocycles. The van der Waals surface area contributed by atoms with Crippen LogP contribution in [0.4, 0.5) is 0 Å². The van der Waals surface area contributed by atoms with E-state index in [1.807, 2.05) is 0 Å². The standard InChI is InChI=1S/C13H22N4O2/c1-4-9(2)8-17(3)13(18)11-15-12(19-16-11)10-6-5-7-14-10/h9-10,14H,4-8H2,1-3H3. The fourth-order valence-corrected chi connectivity index (χ4v) is 2.21. The number of amides is 1. The molecule has 0 bridgehead atoms. The zero-order valence-electron chi connectivity index (χ0n) is 11.8. The van der Waals surface area contributed by atoms with Gasteiger partial charge in [0.25, 0.3) is 11.7 Å². The molecule has 1 fully saturated rings. The lowest BCUT2D eigenvalue weighted by Crippen LogP contribution is -2.31. The first-order valence-electron chi connectivity index (χ1n) is 6.94. The number of aromatic nitrogens is 2. The van der Waals surface area contributed by atoms with Crippen LogP contribution in [-0.2, 0) is 0 Å². The van der Waals surface area contributed by atoms with Gasteiger partial charge in [-0.05, 0) is 25.3 Å². The Balaban J connectivity index is 1.99. The van der Waals surface area contributed by atoms with Crippen molar-refractivity contribution in [3.8, 4) is 0 Å². The smallest absolute Gasteiger partial charge is 0.295 e. The average Bonchev–Trinajstić information content (AvgIpc) is 3.07. The zero-order valence-corrected chi connectivity index (χ0v) is 11.8. The molecule has 2 atom stereocenters. The van der Waals surface area contributed by atoms with Crippen molar-refractivity contribution in [1.29, 1.82) is 0 Å². The summed E-state index contributed by atoms with van der Waals surface area (Å²) >= 11 is 0. The summed E-state index contributed by atoms with van der Waals surface area (Å²) in [5.74, 6) is 0.984. The van der Waals surface area contributed by atoms with Gasteiger partial charge in [-0.3, -0.25) is 4.79 Å². The minimum Gasteiger partial charge on any atom is -0.339 e. The molecule has 2 heterocycles. The Morgan fingerprint density at radius 3 is 3.05 bits per heavy atom. The number of hydrogen-bond acceptors (Lipinski definition) is 5. The second kappa shape index (κ2) is 6.14. The first-order chi connectivity index (χ1) is 9.11. The minimum absolute atomic E-state index is 0.105. The molecule has 0 aliphatic carbocycles. The highest BCUT2D eigenvalue weighted by Gasteiger charge is 2.25. The van der Waals surface area contributed by atoms with Crippen LogP contribution in [0.1, 0.15) is 55.7 Å². The Morgan fingerprint density at radius 2 is 2.42 bits per heavy atom. The molecule has 106 valence electrons. The highest BCUT2D eigenvalue weighted by atomic mass is 16.5. The van der Waals surface area contributed by atoms with Crippen molar-refractivity contribution in [1.82, 2.24) is 20.4 Å². The molecule has 1 amide bonds. The van der Waals surface area contributed by atoms with Gasteiger partial charge in [-0.2, -0.15) is 4.98 Å². The maximum atomic E-state index is 12.1. The molecule has 1 N–H and O–H groups in total. The Hall–Kier alpha value is -1.43. The van der Waals surface area contributed by atoms with Crippen LogP contribution in [0.15, 0.2) is 4.52 Å². The first kappa shape index (κ1) is 14.0. The lowest BCUT2D eigenvalue weighted by Gasteiger charge is -2.18. The number of hydrogen-bond donors (Lipinski definition) is 1. The number of rotatable bonds is 5. The van der Waals surface area contributed by atoms with Gasteiger partial charge in [0.1, 0.15) is 0 Å². The molecule has 0 saturated carbocycles. The summed E-state index contributed by atoms with van der Waals surface area (Å²) in [7, 11) is 1.78. The van der Waals surface area contributed by atoms with Crippen LogP contribution in [0.2, 0.25) is 0 Å². The molecule has 1 saturated heterocycles. The van der Waals surface area contributed by atoms with E-state index in [1.165, 1.54) is 0 Å². The second-order valence-corrected chi connectivity index (χ2v) is 5.30. The normalized spacial score (nSPS) is 20.5. The first-order valence-corrected chi connectivity index (χ1v) is 6.94. The third-order valence-corrected chi connectivity index (χ3v) is 3.62. The molecule has 2 unspecified atom stereocenters. The summed E-state index contributed by atoms with van der Waals surface area (Å²) in [6, 6.07) is 0.105. The molecule has 1 aliphatic heterocycles. The third-order valence-electron chi connectivity index (χ3n) is 3.62. The SMILES string of the molecule is CCC(C)CN(C)C(=O)c1noc(C2CCCN2)n1. The molecule has 2 rings (SSSR count). The Morgan fingerprint density at radius 1 is 1.63 bits per heavy atom. The lowest BCUT2D eigenvalue weighted by atomic mass is 10.1. The van der Waals surface area contributed by atoms with Crippen LogP contribution in [0.3, 0.4) is 0 Å². The largest absolute Gasteiger partial charge is 0.339 e. The van der Waals surface area contributed by atoms with E-state index in [1.54, 1.807) is 11.9 Å². The van der Waals surface area contributed by atoms with Gasteiger partial charge in [-0.1, -0.05) is 25.4 Å². The van der Waals surface area contributed by atoms with E-state index in [0.29, 0.717) is 18.4 Å². The molecule has 6 heteroatoms. The number of carbonyl (C=O) groups excluding carboxylic acids is 1. The molecule has 0 radical (unpaired) electrons. The Kier molecular flexibility index (Phi) is 4.52. The fraction of sp³-hybridized carbons (Fsp3) is 0.769. The summed E-state index contributed by atoms with van der Waals surface area (Å²) in [5.41, 5.74) is 0. The molecule has 1 aromatic rings. The van der Waals surface area contributed by atoms with Crippen LogP contribution in [-0.4, -0.2) is 41.1 Å². The lowest BCUT2D eigenvalue weighted by molar-refractivity contribution is 0.0759. The van der Waals surface area contributed by atoms with Gasteiger partial charge in [0.05, 0.1) is 6.04 Å². The van der Waals surface area contributed by atoms with Crippen molar-refractivity contribution in [2.24, 2.45) is 5.92 Å². The molecule has 0 spiro atoms. The third kappa shape index (κ3) is 3.32. The Labute approximate surface area is 113 Å². The maximum absolute atomic E-state index is 12.1. The van der Waals surface area contributed by atoms with Gasteiger partial charge in [0.2, 0.25) is 5.89 Å². The fourth-order valence-electron chi connectivity index (χ4n) is 2.21. The predicted octanol–water partition coefficient (Wildman–Crippen LogP) is 1.61. The highest BCUT2D eigenvalue weighted by molar-refractivity contribution is 5.90. The quantitative estimate of drug-likeness (QED) is 0.876. The van der Waals surface area contributed by atoms with Crippen molar-refractivity contribution in [2.75, 3.05) is 20.1 Å². The molecule has 6 nitrogen and oxygen atoms in total. The average molecular weight is 266 g/mol. The zero-order chi connectivity index (χ0) is 13.8. The molecular formula is C13H22N4O2. The van der Waals surface area contributed by atoms with E-state index in [9.17, 15) is 4.79 Å². The van der Waals surface area contributed by atoms with Crippen molar-refractivity contribution >= 4 is 5.91 Å².